The summed E-state index contributed by atoms with van der Waals surface area (Å²) in [7, 11) is 0. The molecule has 0 saturated carbocycles. The molecular weight excluding hydrogens is 408 g/mol. The number of aromatic amines is 1. The Morgan fingerprint density at radius 1 is 1.33 bits per heavy atom. The summed E-state index contributed by atoms with van der Waals surface area (Å²) >= 11 is 0. The Hall–Kier alpha value is -3.14. The maximum absolute atomic E-state index is 13.1. The first kappa shape index (κ1) is 21.6. The number of fused-ring (bicyclic) bond motifs is 1. The molecule has 4 rings (SSSR count). The van der Waals surface area contributed by atoms with Crippen molar-refractivity contribution >= 4 is 46.6 Å². The Labute approximate surface area is 179 Å². The van der Waals surface area contributed by atoms with Crippen LogP contribution in [-0.2, 0) is 16.1 Å². The van der Waals surface area contributed by atoms with Crippen LogP contribution in [0.2, 0.25) is 0 Å². The van der Waals surface area contributed by atoms with Gasteiger partial charge in [-0.25, -0.2) is 4.98 Å². The molecule has 2 atom stereocenters. The van der Waals surface area contributed by atoms with Crippen LogP contribution in [0.25, 0.3) is 10.9 Å². The maximum Gasteiger partial charge on any atom is 0.314 e. The van der Waals surface area contributed by atoms with E-state index in [-0.39, 0.29) is 18.4 Å². The van der Waals surface area contributed by atoms with Crippen molar-refractivity contribution < 1.29 is 9.59 Å². The first-order chi connectivity index (χ1) is 14.0. The van der Waals surface area contributed by atoms with Gasteiger partial charge in [-0.3, -0.25) is 19.4 Å². The van der Waals surface area contributed by atoms with Crippen molar-refractivity contribution in [1.82, 2.24) is 29.9 Å². The molecule has 11 heteroatoms. The lowest BCUT2D eigenvalue weighted by atomic mass is 9.92. The molecule has 0 spiro atoms. The SMILES string of the molecule is CCn1nccc1C1CCC(C)CN1C(=O)C(=O)Nc1cnc(N)c2cn[nH]c12.Cl. The van der Waals surface area contributed by atoms with Gasteiger partial charge < -0.3 is 16.0 Å². The Bertz CT molecular complexity index is 1060. The molecular formula is C19H25ClN8O2. The molecule has 4 N–H and O–H groups in total. The summed E-state index contributed by atoms with van der Waals surface area (Å²) in [5, 5.41) is 14.3. The van der Waals surface area contributed by atoms with Crippen LogP contribution in [0.4, 0.5) is 11.5 Å². The third-order valence-corrected chi connectivity index (χ3v) is 5.43. The number of nitrogens with zero attached hydrogens (tertiary/aromatic N) is 5. The zero-order valence-electron chi connectivity index (χ0n) is 16.8. The van der Waals surface area contributed by atoms with Crippen molar-refractivity contribution in [2.24, 2.45) is 5.92 Å². The molecule has 1 fully saturated rings. The largest absolute Gasteiger partial charge is 0.383 e. The number of H-pyrrole nitrogens is 1. The Kier molecular flexibility index (Phi) is 6.25. The van der Waals surface area contributed by atoms with E-state index in [1.165, 1.54) is 12.4 Å². The van der Waals surface area contributed by atoms with E-state index in [0.717, 1.165) is 18.5 Å². The molecule has 10 nitrogen and oxygen atoms in total. The van der Waals surface area contributed by atoms with Crippen LogP contribution in [-0.4, -0.2) is 48.2 Å². The lowest BCUT2D eigenvalue weighted by molar-refractivity contribution is -0.146. The normalized spacial score (nSPS) is 18.8. The molecule has 1 aliphatic heterocycles. The molecule has 0 radical (unpaired) electrons. The Morgan fingerprint density at radius 3 is 2.90 bits per heavy atom. The molecule has 0 aromatic carbocycles. The molecule has 3 aromatic heterocycles. The van der Waals surface area contributed by atoms with Crippen molar-refractivity contribution in [2.75, 3.05) is 17.6 Å². The second-order valence-corrected chi connectivity index (χ2v) is 7.40. The van der Waals surface area contributed by atoms with Crippen LogP contribution in [0.15, 0.2) is 24.7 Å². The van der Waals surface area contributed by atoms with Gasteiger partial charge in [0.05, 0.1) is 40.7 Å². The van der Waals surface area contributed by atoms with E-state index in [1.54, 1.807) is 11.1 Å². The summed E-state index contributed by atoms with van der Waals surface area (Å²) < 4.78 is 1.87. The Balaban J connectivity index is 0.00000256. The van der Waals surface area contributed by atoms with E-state index in [4.69, 9.17) is 5.73 Å². The number of pyridine rings is 1. The van der Waals surface area contributed by atoms with Gasteiger partial charge in [-0.1, -0.05) is 6.92 Å². The summed E-state index contributed by atoms with van der Waals surface area (Å²) in [4.78, 5) is 31.6. The number of aromatic nitrogens is 5. The molecule has 2 unspecified atom stereocenters. The van der Waals surface area contributed by atoms with Crippen LogP contribution < -0.4 is 11.1 Å². The van der Waals surface area contributed by atoms with Crippen molar-refractivity contribution in [2.45, 2.75) is 39.3 Å². The average molecular weight is 433 g/mol. The number of hydrogen-bond acceptors (Lipinski definition) is 6. The highest BCUT2D eigenvalue weighted by molar-refractivity contribution is 6.40. The van der Waals surface area contributed by atoms with Crippen molar-refractivity contribution in [3.8, 4) is 0 Å². The number of nitrogens with two attached hydrogens (primary N) is 1. The smallest absolute Gasteiger partial charge is 0.314 e. The van der Waals surface area contributed by atoms with Gasteiger partial charge in [0.15, 0.2) is 0 Å². The van der Waals surface area contributed by atoms with E-state index < -0.39 is 11.8 Å². The molecule has 0 bridgehead atoms. The number of carbonyl (C=O) groups excluding carboxylic acids is 2. The monoisotopic (exact) mass is 432 g/mol. The number of nitrogens with one attached hydrogen (secondary N) is 2. The Morgan fingerprint density at radius 2 is 2.13 bits per heavy atom. The molecule has 1 aliphatic rings. The number of rotatable bonds is 3. The third-order valence-electron chi connectivity index (χ3n) is 5.43. The van der Waals surface area contributed by atoms with Crippen LogP contribution >= 0.6 is 12.4 Å². The summed E-state index contributed by atoms with van der Waals surface area (Å²) in [5.41, 5.74) is 7.67. The summed E-state index contributed by atoms with van der Waals surface area (Å²) in [6.45, 7) is 5.32. The predicted octanol–water partition coefficient (Wildman–Crippen LogP) is 2.12. The van der Waals surface area contributed by atoms with Crippen molar-refractivity contribution in [3.63, 3.8) is 0 Å². The fourth-order valence-electron chi connectivity index (χ4n) is 3.93. The van der Waals surface area contributed by atoms with Crippen molar-refractivity contribution in [1.29, 1.82) is 0 Å². The summed E-state index contributed by atoms with van der Waals surface area (Å²) in [6.07, 6.45) is 6.46. The fourth-order valence-corrected chi connectivity index (χ4v) is 3.93. The maximum atomic E-state index is 13.1. The van der Waals surface area contributed by atoms with Crippen LogP contribution in [0.3, 0.4) is 0 Å². The van der Waals surface area contributed by atoms with Gasteiger partial charge in [-0.05, 0) is 31.7 Å². The fraction of sp³-hybridized carbons (Fsp3) is 0.421. The van der Waals surface area contributed by atoms with E-state index >= 15 is 0 Å². The molecule has 160 valence electrons. The minimum absolute atomic E-state index is 0. The van der Waals surface area contributed by atoms with E-state index in [0.29, 0.717) is 41.4 Å². The third kappa shape index (κ3) is 3.82. The number of halogens is 1. The number of piperidine rings is 1. The van der Waals surface area contributed by atoms with Gasteiger partial charge in [0.2, 0.25) is 0 Å². The van der Waals surface area contributed by atoms with Crippen molar-refractivity contribution in [3.05, 3.63) is 30.4 Å². The van der Waals surface area contributed by atoms with E-state index in [9.17, 15) is 9.59 Å². The summed E-state index contributed by atoms with van der Waals surface area (Å²) in [6, 6.07) is 1.74. The molecule has 3 aromatic rings. The highest BCUT2D eigenvalue weighted by atomic mass is 35.5. The van der Waals surface area contributed by atoms with E-state index in [1.807, 2.05) is 17.7 Å². The van der Waals surface area contributed by atoms with Gasteiger partial charge in [0.1, 0.15) is 5.82 Å². The highest BCUT2D eigenvalue weighted by Crippen LogP contribution is 2.33. The number of aryl methyl sites for hydroxylation is 1. The number of anilines is 2. The average Bonchev–Trinajstić information content (AvgIpc) is 3.39. The zero-order chi connectivity index (χ0) is 20.5. The van der Waals surface area contributed by atoms with Crippen LogP contribution in [0, 0.1) is 5.92 Å². The van der Waals surface area contributed by atoms with Gasteiger partial charge >= 0.3 is 11.8 Å². The number of amides is 2. The lowest BCUT2D eigenvalue weighted by Crippen LogP contribution is -2.47. The second kappa shape index (κ2) is 8.70. The lowest BCUT2D eigenvalue weighted by Gasteiger charge is -2.38. The van der Waals surface area contributed by atoms with Crippen LogP contribution in [0.1, 0.15) is 38.4 Å². The standard InChI is InChI=1S/C19H24N8O2.ClH/c1-3-27-15(6-7-23-27)14-5-4-11(2)10-26(14)19(29)18(28)24-13-9-21-17(20)12-8-22-25-16(12)13;/h6-9,11,14H,3-5,10H2,1-2H3,(H2,20,21)(H,22,25)(H,24,28);1H. The van der Waals surface area contributed by atoms with E-state index in [2.05, 4.69) is 32.5 Å². The predicted molar refractivity (Wildman–Crippen MR) is 115 cm³/mol. The number of hydrogen-bond donors (Lipinski definition) is 3. The minimum Gasteiger partial charge on any atom is -0.383 e. The number of carbonyl (C=O) groups is 2. The van der Waals surface area contributed by atoms with Crippen LogP contribution in [0.5, 0.6) is 0 Å². The molecule has 2 amide bonds. The van der Waals surface area contributed by atoms with Gasteiger partial charge in [-0.2, -0.15) is 10.2 Å². The topological polar surface area (TPSA) is 135 Å². The zero-order valence-corrected chi connectivity index (χ0v) is 17.6. The van der Waals surface area contributed by atoms with Gasteiger partial charge in [-0.15, -0.1) is 12.4 Å². The molecule has 30 heavy (non-hydrogen) atoms. The molecule has 4 heterocycles. The highest BCUT2D eigenvalue weighted by Gasteiger charge is 2.35. The minimum atomic E-state index is -0.714. The van der Waals surface area contributed by atoms with Gasteiger partial charge in [0.25, 0.3) is 0 Å². The molecule has 1 saturated heterocycles. The molecule has 0 aliphatic carbocycles. The first-order valence-electron chi connectivity index (χ1n) is 9.70. The second-order valence-electron chi connectivity index (χ2n) is 7.40. The first-order valence-corrected chi connectivity index (χ1v) is 9.70. The quantitative estimate of drug-likeness (QED) is 0.542. The summed E-state index contributed by atoms with van der Waals surface area (Å²) in [5.74, 6) is -0.668. The number of likely N-dealkylation sites (tertiary alicyclic amines) is 1. The van der Waals surface area contributed by atoms with Gasteiger partial charge in [0, 0.05) is 19.3 Å². The number of nitrogen functional groups attached to an aromatic ring is 1.